The highest BCUT2D eigenvalue weighted by molar-refractivity contribution is 7.90. The molecule has 4 rings (SSSR count). The Balaban J connectivity index is 1.76. The first-order valence-corrected chi connectivity index (χ1v) is 9.45. The van der Waals surface area contributed by atoms with Gasteiger partial charge >= 0.3 is 0 Å². The number of halogens is 1. The van der Waals surface area contributed by atoms with Gasteiger partial charge in [-0.05, 0) is 30.3 Å². The molecule has 0 saturated heterocycles. The Bertz CT molecular complexity index is 1150. The second-order valence-electron chi connectivity index (χ2n) is 5.46. The molecule has 4 aromatic rings. The molecule has 0 spiro atoms. The maximum absolute atomic E-state index is 12.9. The van der Waals surface area contributed by atoms with E-state index in [9.17, 15) is 8.42 Å². The summed E-state index contributed by atoms with van der Waals surface area (Å²) in [5.74, 6) is 0.305. The van der Waals surface area contributed by atoms with Crippen molar-refractivity contribution < 1.29 is 12.9 Å². The lowest BCUT2D eigenvalue weighted by Crippen LogP contribution is -2.15. The van der Waals surface area contributed by atoms with Crippen molar-refractivity contribution >= 4 is 21.6 Å². The zero-order valence-corrected chi connectivity index (χ0v) is 14.9. The lowest BCUT2D eigenvalue weighted by Gasteiger charge is -2.07. The van der Waals surface area contributed by atoms with Crippen LogP contribution in [0.2, 0.25) is 5.02 Å². The molecule has 130 valence electrons. The Morgan fingerprint density at radius 2 is 1.69 bits per heavy atom. The van der Waals surface area contributed by atoms with E-state index in [0.29, 0.717) is 16.5 Å². The van der Waals surface area contributed by atoms with E-state index >= 15 is 0 Å². The van der Waals surface area contributed by atoms with Gasteiger partial charge in [-0.15, -0.1) is 4.09 Å². The van der Waals surface area contributed by atoms with Crippen molar-refractivity contribution in [3.8, 4) is 22.7 Å². The molecule has 2 aromatic carbocycles. The molecule has 0 unspecified atom stereocenters. The predicted molar refractivity (Wildman–Crippen MR) is 97.2 cm³/mol. The number of hydrogen-bond acceptors (Lipinski definition) is 5. The fourth-order valence-corrected chi connectivity index (χ4v) is 3.90. The van der Waals surface area contributed by atoms with Crippen LogP contribution in [0.25, 0.3) is 22.7 Å². The minimum atomic E-state index is -3.89. The molecular formula is C18H12ClN3O3S. The van der Waals surface area contributed by atoms with Gasteiger partial charge < -0.3 is 4.52 Å². The monoisotopic (exact) mass is 385 g/mol. The standard InChI is InChI=1S/C18H12ClN3O3S/c19-14-6-8-15(9-7-14)26(23,24)22-17(10-11-20-22)18-12-16(21-25-18)13-4-2-1-3-5-13/h1-12H. The fraction of sp³-hybridized carbons (Fsp3) is 0. The Hall–Kier alpha value is -2.90. The lowest BCUT2D eigenvalue weighted by atomic mass is 10.1. The molecule has 0 aliphatic heterocycles. The molecule has 0 aliphatic rings. The van der Waals surface area contributed by atoms with Crippen LogP contribution in [0.1, 0.15) is 0 Å². The third-order valence-electron chi connectivity index (χ3n) is 3.78. The van der Waals surface area contributed by atoms with Crippen LogP contribution in [0, 0.1) is 0 Å². The average Bonchev–Trinajstić information content (AvgIpc) is 3.32. The molecule has 0 radical (unpaired) electrons. The lowest BCUT2D eigenvalue weighted by molar-refractivity contribution is 0.432. The predicted octanol–water partition coefficient (Wildman–Crippen LogP) is 4.10. The summed E-state index contributed by atoms with van der Waals surface area (Å²) in [4.78, 5) is 0.0784. The Morgan fingerprint density at radius 1 is 0.962 bits per heavy atom. The van der Waals surface area contributed by atoms with Crippen molar-refractivity contribution in [2.45, 2.75) is 4.90 Å². The molecule has 26 heavy (non-hydrogen) atoms. The summed E-state index contributed by atoms with van der Waals surface area (Å²) in [6.45, 7) is 0. The van der Waals surface area contributed by atoms with Gasteiger partial charge in [-0.1, -0.05) is 47.1 Å². The van der Waals surface area contributed by atoms with E-state index in [1.807, 2.05) is 30.3 Å². The summed E-state index contributed by atoms with van der Waals surface area (Å²) in [5.41, 5.74) is 1.76. The zero-order chi connectivity index (χ0) is 18.1. The van der Waals surface area contributed by atoms with E-state index in [1.54, 1.807) is 12.1 Å². The van der Waals surface area contributed by atoms with Crippen LogP contribution in [0.3, 0.4) is 0 Å². The van der Waals surface area contributed by atoms with Gasteiger partial charge in [0.1, 0.15) is 11.4 Å². The molecule has 0 bridgehead atoms. The number of benzene rings is 2. The minimum absolute atomic E-state index is 0.0784. The van der Waals surface area contributed by atoms with Crippen molar-refractivity contribution in [2.75, 3.05) is 0 Å². The molecule has 0 saturated carbocycles. The summed E-state index contributed by atoms with van der Waals surface area (Å²) in [5, 5.41) is 8.43. The normalized spacial score (nSPS) is 11.6. The average molecular weight is 386 g/mol. The van der Waals surface area contributed by atoms with Crippen LogP contribution in [-0.2, 0) is 10.0 Å². The summed E-state index contributed by atoms with van der Waals surface area (Å²) < 4.78 is 32.0. The van der Waals surface area contributed by atoms with Gasteiger partial charge in [0.25, 0.3) is 10.0 Å². The van der Waals surface area contributed by atoms with Crippen LogP contribution in [-0.4, -0.2) is 22.8 Å². The third-order valence-corrected chi connectivity index (χ3v) is 5.65. The summed E-state index contributed by atoms with van der Waals surface area (Å²) in [6, 6.07) is 18.6. The molecule has 8 heteroatoms. The van der Waals surface area contributed by atoms with Crippen LogP contribution in [0.15, 0.2) is 82.3 Å². The molecule has 0 N–H and O–H groups in total. The maximum atomic E-state index is 12.9. The maximum Gasteiger partial charge on any atom is 0.283 e. The topological polar surface area (TPSA) is 78.0 Å². The highest BCUT2D eigenvalue weighted by atomic mass is 35.5. The van der Waals surface area contributed by atoms with Gasteiger partial charge in [0.2, 0.25) is 0 Å². The van der Waals surface area contributed by atoms with Crippen LogP contribution < -0.4 is 0 Å². The van der Waals surface area contributed by atoms with E-state index in [0.717, 1.165) is 9.65 Å². The first kappa shape index (κ1) is 16.6. The van der Waals surface area contributed by atoms with E-state index in [1.165, 1.54) is 30.5 Å². The van der Waals surface area contributed by atoms with Gasteiger partial charge in [0, 0.05) is 16.7 Å². The van der Waals surface area contributed by atoms with Gasteiger partial charge in [0.05, 0.1) is 11.1 Å². The molecular weight excluding hydrogens is 374 g/mol. The smallest absolute Gasteiger partial charge is 0.283 e. The highest BCUT2D eigenvalue weighted by Gasteiger charge is 2.23. The number of nitrogens with zero attached hydrogens (tertiary/aromatic N) is 3. The van der Waals surface area contributed by atoms with Crippen molar-refractivity contribution in [2.24, 2.45) is 0 Å². The molecule has 0 atom stereocenters. The van der Waals surface area contributed by atoms with Gasteiger partial charge in [-0.2, -0.15) is 13.5 Å². The van der Waals surface area contributed by atoms with Gasteiger partial charge in [-0.25, -0.2) is 0 Å². The minimum Gasteiger partial charge on any atom is -0.354 e. The van der Waals surface area contributed by atoms with Crippen molar-refractivity contribution in [3.63, 3.8) is 0 Å². The number of hydrogen-bond donors (Lipinski definition) is 0. The van der Waals surface area contributed by atoms with Crippen LogP contribution in [0.5, 0.6) is 0 Å². The second kappa shape index (κ2) is 6.44. The van der Waals surface area contributed by atoms with Crippen molar-refractivity contribution in [3.05, 3.63) is 77.9 Å². The quantitative estimate of drug-likeness (QED) is 0.528. The highest BCUT2D eigenvalue weighted by Crippen LogP contribution is 2.28. The van der Waals surface area contributed by atoms with Crippen LogP contribution in [0.4, 0.5) is 0 Å². The Kier molecular flexibility index (Phi) is 4.10. The SMILES string of the molecule is O=S(=O)(c1ccc(Cl)cc1)n1nccc1-c1cc(-c2ccccc2)no1. The summed E-state index contributed by atoms with van der Waals surface area (Å²) >= 11 is 5.83. The molecule has 0 amide bonds. The first-order valence-electron chi connectivity index (χ1n) is 7.63. The van der Waals surface area contributed by atoms with Gasteiger partial charge in [0.15, 0.2) is 5.76 Å². The van der Waals surface area contributed by atoms with Crippen LogP contribution >= 0.6 is 11.6 Å². The summed E-state index contributed by atoms with van der Waals surface area (Å²) in [6.07, 6.45) is 1.40. The first-order chi connectivity index (χ1) is 12.6. The largest absolute Gasteiger partial charge is 0.354 e. The molecule has 2 heterocycles. The van der Waals surface area contributed by atoms with E-state index in [2.05, 4.69) is 10.3 Å². The summed E-state index contributed by atoms with van der Waals surface area (Å²) in [7, 11) is -3.89. The molecule has 0 aliphatic carbocycles. The van der Waals surface area contributed by atoms with E-state index < -0.39 is 10.0 Å². The second-order valence-corrected chi connectivity index (χ2v) is 7.66. The molecule has 0 fully saturated rings. The van der Waals surface area contributed by atoms with Gasteiger partial charge in [-0.3, -0.25) is 0 Å². The van der Waals surface area contributed by atoms with Crippen molar-refractivity contribution in [1.82, 2.24) is 14.3 Å². The fourth-order valence-electron chi connectivity index (χ4n) is 2.51. The number of rotatable bonds is 4. The molecule has 6 nitrogen and oxygen atoms in total. The van der Waals surface area contributed by atoms with E-state index in [-0.39, 0.29) is 10.6 Å². The van der Waals surface area contributed by atoms with Crippen molar-refractivity contribution in [1.29, 1.82) is 0 Å². The zero-order valence-electron chi connectivity index (χ0n) is 13.3. The number of aromatic nitrogens is 3. The molecule has 2 aromatic heterocycles. The Morgan fingerprint density at radius 3 is 2.42 bits per heavy atom. The van der Waals surface area contributed by atoms with E-state index in [4.69, 9.17) is 16.1 Å². The third kappa shape index (κ3) is 2.91. The Labute approximate surface area is 154 Å².